The number of hydrogen-bond donors (Lipinski definition) is 1. The van der Waals surface area contributed by atoms with Gasteiger partial charge in [0, 0.05) is 22.6 Å². The van der Waals surface area contributed by atoms with Crippen molar-refractivity contribution in [2.45, 2.75) is 6.92 Å². The summed E-state index contributed by atoms with van der Waals surface area (Å²) >= 11 is 3.36. The van der Waals surface area contributed by atoms with Gasteiger partial charge in [0.2, 0.25) is 0 Å². The molecule has 1 amide bonds. The SMILES string of the molecule is C/C(=N\NC(=O)c1ccccc1Br)c1ccc(-n2ccnc2)cc1. The Balaban J connectivity index is 1.72. The lowest BCUT2D eigenvalue weighted by Gasteiger charge is -2.06. The largest absolute Gasteiger partial charge is 0.306 e. The number of nitrogens with zero attached hydrogens (tertiary/aromatic N) is 3. The number of nitrogens with one attached hydrogen (secondary N) is 1. The van der Waals surface area contributed by atoms with Crippen LogP contribution in [0.25, 0.3) is 5.69 Å². The third kappa shape index (κ3) is 3.60. The van der Waals surface area contributed by atoms with Gasteiger partial charge < -0.3 is 4.57 Å². The molecule has 1 N–H and O–H groups in total. The number of carbonyl (C=O) groups is 1. The lowest BCUT2D eigenvalue weighted by Crippen LogP contribution is -2.19. The summed E-state index contributed by atoms with van der Waals surface area (Å²) in [6.07, 6.45) is 5.36. The van der Waals surface area contributed by atoms with Crippen LogP contribution in [0.2, 0.25) is 0 Å². The maximum atomic E-state index is 12.2. The van der Waals surface area contributed by atoms with E-state index in [4.69, 9.17) is 0 Å². The number of amides is 1. The van der Waals surface area contributed by atoms with E-state index < -0.39 is 0 Å². The minimum absolute atomic E-state index is 0.253. The van der Waals surface area contributed by atoms with E-state index in [9.17, 15) is 4.79 Å². The summed E-state index contributed by atoms with van der Waals surface area (Å²) in [5.41, 5.74) is 5.81. The number of rotatable bonds is 4. The molecule has 1 aromatic heterocycles. The summed E-state index contributed by atoms with van der Waals surface area (Å²) in [7, 11) is 0. The average molecular weight is 383 g/mol. The van der Waals surface area contributed by atoms with Crippen LogP contribution >= 0.6 is 15.9 Å². The van der Waals surface area contributed by atoms with Gasteiger partial charge in [0.1, 0.15) is 0 Å². The van der Waals surface area contributed by atoms with Gasteiger partial charge >= 0.3 is 0 Å². The fourth-order valence-corrected chi connectivity index (χ4v) is 2.66. The fraction of sp³-hybridized carbons (Fsp3) is 0.0556. The zero-order chi connectivity index (χ0) is 16.9. The van der Waals surface area contributed by atoms with E-state index in [0.717, 1.165) is 21.4 Å². The monoisotopic (exact) mass is 382 g/mol. The van der Waals surface area contributed by atoms with Crippen molar-refractivity contribution >= 4 is 27.5 Å². The number of halogens is 1. The normalized spacial score (nSPS) is 11.3. The number of hydrazone groups is 1. The quantitative estimate of drug-likeness (QED) is 0.551. The van der Waals surface area contributed by atoms with Gasteiger partial charge in [-0.05, 0) is 52.7 Å². The predicted octanol–water partition coefficient (Wildman–Crippen LogP) is 3.79. The van der Waals surface area contributed by atoms with E-state index in [1.54, 1.807) is 18.6 Å². The summed E-state index contributed by atoms with van der Waals surface area (Å²) in [6.45, 7) is 1.85. The second-order valence-corrected chi connectivity index (χ2v) is 5.99. The Morgan fingerprint density at radius 3 is 2.58 bits per heavy atom. The van der Waals surface area contributed by atoms with Crippen LogP contribution in [-0.4, -0.2) is 21.2 Å². The molecule has 24 heavy (non-hydrogen) atoms. The average Bonchev–Trinajstić information content (AvgIpc) is 3.14. The molecule has 0 saturated carbocycles. The van der Waals surface area contributed by atoms with Gasteiger partial charge in [-0.25, -0.2) is 10.4 Å². The summed E-state index contributed by atoms with van der Waals surface area (Å²) in [5, 5.41) is 4.18. The predicted molar refractivity (Wildman–Crippen MR) is 97.4 cm³/mol. The third-order valence-corrected chi connectivity index (χ3v) is 4.22. The number of imidazole rings is 1. The molecule has 0 bridgehead atoms. The third-order valence-electron chi connectivity index (χ3n) is 3.53. The van der Waals surface area contributed by atoms with E-state index in [2.05, 4.69) is 31.4 Å². The zero-order valence-corrected chi connectivity index (χ0v) is 14.6. The van der Waals surface area contributed by atoms with Gasteiger partial charge in [-0.1, -0.05) is 24.3 Å². The minimum Gasteiger partial charge on any atom is -0.306 e. The summed E-state index contributed by atoms with van der Waals surface area (Å²) in [4.78, 5) is 16.2. The maximum Gasteiger partial charge on any atom is 0.272 e. The summed E-state index contributed by atoms with van der Waals surface area (Å²) in [6, 6.07) is 15.1. The molecule has 0 aliphatic rings. The standard InChI is InChI=1S/C18H15BrN4O/c1-13(21-22-18(24)16-4-2-3-5-17(16)19)14-6-8-15(9-7-14)23-11-10-20-12-23/h2-12H,1H3,(H,22,24)/b21-13+. The van der Waals surface area contributed by atoms with Crippen molar-refractivity contribution in [3.05, 3.63) is 82.9 Å². The van der Waals surface area contributed by atoms with E-state index in [0.29, 0.717) is 5.56 Å². The molecule has 0 spiro atoms. The Kier molecular flexibility index (Phi) is 4.86. The highest BCUT2D eigenvalue weighted by Crippen LogP contribution is 2.15. The van der Waals surface area contributed by atoms with Crippen molar-refractivity contribution in [3.63, 3.8) is 0 Å². The van der Waals surface area contributed by atoms with Crippen molar-refractivity contribution < 1.29 is 4.79 Å². The number of carbonyl (C=O) groups excluding carboxylic acids is 1. The second kappa shape index (κ2) is 7.23. The molecular weight excluding hydrogens is 368 g/mol. The molecule has 3 rings (SSSR count). The van der Waals surface area contributed by atoms with Gasteiger partial charge in [0.15, 0.2) is 0 Å². The van der Waals surface area contributed by atoms with Crippen LogP contribution in [0.15, 0.2) is 76.8 Å². The molecule has 0 saturated heterocycles. The Labute approximate surface area is 148 Å². The van der Waals surface area contributed by atoms with E-state index in [1.807, 2.05) is 60.2 Å². The van der Waals surface area contributed by atoms with Crippen LogP contribution in [0, 0.1) is 0 Å². The molecule has 0 aliphatic heterocycles. The first-order valence-corrected chi connectivity index (χ1v) is 8.12. The van der Waals surface area contributed by atoms with Gasteiger partial charge in [0.25, 0.3) is 5.91 Å². The smallest absolute Gasteiger partial charge is 0.272 e. The summed E-state index contributed by atoms with van der Waals surface area (Å²) < 4.78 is 2.66. The van der Waals surface area contributed by atoms with Crippen molar-refractivity contribution in [2.75, 3.05) is 0 Å². The van der Waals surface area contributed by atoms with Gasteiger partial charge in [0.05, 0.1) is 17.6 Å². The molecule has 3 aromatic rings. The first-order valence-electron chi connectivity index (χ1n) is 7.33. The molecule has 120 valence electrons. The Hall–Kier alpha value is -2.73. The number of benzene rings is 2. The molecule has 0 aliphatic carbocycles. The van der Waals surface area contributed by atoms with Crippen molar-refractivity contribution in [3.8, 4) is 5.69 Å². The Morgan fingerprint density at radius 2 is 1.92 bits per heavy atom. The van der Waals surface area contributed by atoms with Crippen LogP contribution in [0.4, 0.5) is 0 Å². The molecule has 0 unspecified atom stereocenters. The topological polar surface area (TPSA) is 59.3 Å². The molecule has 0 atom stereocenters. The van der Waals surface area contributed by atoms with Crippen LogP contribution in [-0.2, 0) is 0 Å². The van der Waals surface area contributed by atoms with Crippen LogP contribution in [0.3, 0.4) is 0 Å². The van der Waals surface area contributed by atoms with Gasteiger partial charge in [-0.2, -0.15) is 5.10 Å². The second-order valence-electron chi connectivity index (χ2n) is 5.13. The van der Waals surface area contributed by atoms with E-state index in [1.165, 1.54) is 0 Å². The van der Waals surface area contributed by atoms with Gasteiger partial charge in [-0.3, -0.25) is 4.79 Å². The lowest BCUT2D eigenvalue weighted by molar-refractivity contribution is 0.0954. The van der Waals surface area contributed by atoms with Gasteiger partial charge in [-0.15, -0.1) is 0 Å². The molecule has 0 fully saturated rings. The molecule has 2 aromatic carbocycles. The molecular formula is C18H15BrN4O. The zero-order valence-electron chi connectivity index (χ0n) is 13.0. The highest BCUT2D eigenvalue weighted by atomic mass is 79.9. The van der Waals surface area contributed by atoms with Crippen molar-refractivity contribution in [1.82, 2.24) is 15.0 Å². The van der Waals surface area contributed by atoms with E-state index >= 15 is 0 Å². The molecule has 1 heterocycles. The molecule has 5 nitrogen and oxygen atoms in total. The summed E-state index contributed by atoms with van der Waals surface area (Å²) in [5.74, 6) is -0.253. The van der Waals surface area contributed by atoms with Crippen LogP contribution in [0.5, 0.6) is 0 Å². The highest BCUT2D eigenvalue weighted by molar-refractivity contribution is 9.10. The minimum atomic E-state index is -0.253. The highest BCUT2D eigenvalue weighted by Gasteiger charge is 2.08. The van der Waals surface area contributed by atoms with Crippen molar-refractivity contribution in [2.24, 2.45) is 5.10 Å². The maximum absolute atomic E-state index is 12.2. The first-order chi connectivity index (χ1) is 11.6. The molecule has 0 radical (unpaired) electrons. The van der Waals surface area contributed by atoms with Crippen LogP contribution in [0.1, 0.15) is 22.8 Å². The lowest BCUT2D eigenvalue weighted by atomic mass is 10.1. The van der Waals surface area contributed by atoms with E-state index in [-0.39, 0.29) is 5.91 Å². The van der Waals surface area contributed by atoms with Crippen LogP contribution < -0.4 is 5.43 Å². The number of hydrogen-bond acceptors (Lipinski definition) is 3. The Morgan fingerprint density at radius 1 is 1.17 bits per heavy atom. The first kappa shape index (κ1) is 16.1. The number of aromatic nitrogens is 2. The fourth-order valence-electron chi connectivity index (χ4n) is 2.19. The molecule has 6 heteroatoms. The van der Waals surface area contributed by atoms with Crippen molar-refractivity contribution in [1.29, 1.82) is 0 Å². The Bertz CT molecular complexity index is 870.